The van der Waals surface area contributed by atoms with Crippen molar-refractivity contribution in [1.29, 1.82) is 0 Å². The fraction of sp³-hybridized carbons (Fsp3) is 0.529. The maximum atomic E-state index is 12.0. The molecule has 8 heteroatoms. The third kappa shape index (κ3) is 4.88. The van der Waals surface area contributed by atoms with Gasteiger partial charge >= 0.3 is 5.97 Å². The Labute approximate surface area is 149 Å². The maximum absolute atomic E-state index is 12.0. The lowest BCUT2D eigenvalue weighted by Crippen LogP contribution is -2.40. The first-order valence-electron chi connectivity index (χ1n) is 8.47. The molecule has 2 aromatic heterocycles. The van der Waals surface area contributed by atoms with E-state index in [-0.39, 0.29) is 24.8 Å². The van der Waals surface area contributed by atoms with E-state index >= 15 is 0 Å². The Kier molecular flexibility index (Phi) is 5.80. The van der Waals surface area contributed by atoms with E-state index < -0.39 is 12.1 Å². The quantitative estimate of drug-likeness (QED) is 0.760. The average molecular weight is 363 g/mol. The van der Waals surface area contributed by atoms with Crippen molar-refractivity contribution in [3.8, 4) is 11.4 Å². The second kappa shape index (κ2) is 8.24. The van der Waals surface area contributed by atoms with Crippen molar-refractivity contribution in [2.24, 2.45) is 0 Å². The van der Waals surface area contributed by atoms with Gasteiger partial charge in [0.25, 0.3) is 5.91 Å². The molecule has 1 amide bonds. The molecule has 1 fully saturated rings. The molecular formula is C17H21N3O4S. The molecule has 134 valence electrons. The molecule has 0 aromatic carbocycles. The lowest BCUT2D eigenvalue weighted by molar-refractivity contribution is -0.155. The normalized spacial score (nSPS) is 15.9. The summed E-state index contributed by atoms with van der Waals surface area (Å²) >= 11 is 1.55. The van der Waals surface area contributed by atoms with Gasteiger partial charge in [-0.2, -0.15) is 16.3 Å². The standard InChI is InChI=1S/C17H21N3O4S/c1-11(17(22)18-13-4-2-3-5-13)23-15(21)7-6-14-19-16(20-24-14)12-8-9-25-10-12/h8-11,13H,2-7H2,1H3,(H,18,22)/t11-/m0/s1. The topological polar surface area (TPSA) is 94.3 Å². The van der Waals surface area contributed by atoms with Gasteiger partial charge in [-0.3, -0.25) is 9.59 Å². The minimum absolute atomic E-state index is 0.0896. The highest BCUT2D eigenvalue weighted by Crippen LogP contribution is 2.19. The number of carbonyl (C=O) groups is 2. The first kappa shape index (κ1) is 17.6. The van der Waals surface area contributed by atoms with Crippen molar-refractivity contribution in [1.82, 2.24) is 15.5 Å². The second-order valence-electron chi connectivity index (χ2n) is 6.15. The summed E-state index contributed by atoms with van der Waals surface area (Å²) in [4.78, 5) is 28.2. The summed E-state index contributed by atoms with van der Waals surface area (Å²) in [5.41, 5.74) is 0.889. The molecule has 3 rings (SSSR count). The van der Waals surface area contributed by atoms with E-state index in [1.54, 1.807) is 18.3 Å². The minimum atomic E-state index is -0.794. The first-order chi connectivity index (χ1) is 12.1. The number of esters is 1. The van der Waals surface area contributed by atoms with Gasteiger partial charge in [0, 0.05) is 23.4 Å². The van der Waals surface area contributed by atoms with Crippen molar-refractivity contribution >= 4 is 23.2 Å². The highest BCUT2D eigenvalue weighted by atomic mass is 32.1. The molecule has 1 saturated carbocycles. The Morgan fingerprint density at radius 1 is 1.44 bits per heavy atom. The van der Waals surface area contributed by atoms with Gasteiger partial charge < -0.3 is 14.6 Å². The number of aromatic nitrogens is 2. The van der Waals surface area contributed by atoms with Crippen LogP contribution in [0.3, 0.4) is 0 Å². The molecule has 0 saturated heterocycles. The number of hydrogen-bond donors (Lipinski definition) is 1. The SMILES string of the molecule is C[C@H](OC(=O)CCc1nc(-c2ccsc2)no1)C(=O)NC1CCCC1. The van der Waals surface area contributed by atoms with Crippen LogP contribution in [0.1, 0.15) is 44.9 Å². The van der Waals surface area contributed by atoms with Crippen LogP contribution in [0.4, 0.5) is 0 Å². The Bertz CT molecular complexity index is 707. The van der Waals surface area contributed by atoms with Crippen LogP contribution in [0.25, 0.3) is 11.4 Å². The van der Waals surface area contributed by atoms with Gasteiger partial charge in [-0.25, -0.2) is 0 Å². The monoisotopic (exact) mass is 363 g/mol. The zero-order valence-electron chi connectivity index (χ0n) is 14.1. The number of carbonyl (C=O) groups excluding carboxylic acids is 2. The summed E-state index contributed by atoms with van der Waals surface area (Å²) in [6, 6.07) is 2.11. The molecule has 7 nitrogen and oxygen atoms in total. The number of ether oxygens (including phenoxy) is 1. The number of amides is 1. The van der Waals surface area contributed by atoms with Crippen LogP contribution in [0.2, 0.25) is 0 Å². The third-order valence-corrected chi connectivity index (χ3v) is 4.85. The molecule has 2 heterocycles. The van der Waals surface area contributed by atoms with Crippen molar-refractivity contribution in [2.45, 2.75) is 57.6 Å². The number of rotatable bonds is 7. The molecule has 2 aromatic rings. The molecule has 1 N–H and O–H groups in total. The molecule has 1 aliphatic carbocycles. The summed E-state index contributed by atoms with van der Waals surface area (Å²) in [6.45, 7) is 1.59. The largest absolute Gasteiger partial charge is 0.453 e. The molecule has 0 aliphatic heterocycles. The van der Waals surface area contributed by atoms with Gasteiger partial charge in [0.1, 0.15) is 0 Å². The summed E-state index contributed by atoms with van der Waals surface area (Å²) in [7, 11) is 0. The predicted octanol–water partition coefficient (Wildman–Crippen LogP) is 2.72. The summed E-state index contributed by atoms with van der Waals surface area (Å²) < 4.78 is 10.3. The van der Waals surface area contributed by atoms with Gasteiger partial charge in [0.2, 0.25) is 11.7 Å². The van der Waals surface area contributed by atoms with Crippen molar-refractivity contribution < 1.29 is 18.8 Å². The molecule has 1 atom stereocenters. The van der Waals surface area contributed by atoms with Crippen LogP contribution < -0.4 is 5.32 Å². The Morgan fingerprint density at radius 2 is 2.24 bits per heavy atom. The zero-order valence-corrected chi connectivity index (χ0v) is 14.9. The number of thiophene rings is 1. The lowest BCUT2D eigenvalue weighted by Gasteiger charge is -2.16. The number of nitrogens with zero attached hydrogens (tertiary/aromatic N) is 2. The Balaban J connectivity index is 1.42. The molecular weight excluding hydrogens is 342 g/mol. The second-order valence-corrected chi connectivity index (χ2v) is 6.93. The fourth-order valence-corrected chi connectivity index (χ4v) is 3.41. The van der Waals surface area contributed by atoms with Crippen LogP contribution in [-0.4, -0.2) is 34.2 Å². The van der Waals surface area contributed by atoms with Crippen LogP contribution >= 0.6 is 11.3 Å². The van der Waals surface area contributed by atoms with E-state index in [1.807, 2.05) is 16.8 Å². The smallest absolute Gasteiger partial charge is 0.307 e. The van der Waals surface area contributed by atoms with E-state index in [4.69, 9.17) is 9.26 Å². The molecule has 0 bridgehead atoms. The van der Waals surface area contributed by atoms with Crippen molar-refractivity contribution in [3.63, 3.8) is 0 Å². The van der Waals surface area contributed by atoms with E-state index in [0.29, 0.717) is 11.7 Å². The van der Waals surface area contributed by atoms with Crippen LogP contribution in [-0.2, 0) is 20.7 Å². The molecule has 0 spiro atoms. The van der Waals surface area contributed by atoms with Gasteiger partial charge in [-0.1, -0.05) is 18.0 Å². The van der Waals surface area contributed by atoms with Gasteiger partial charge in [0.15, 0.2) is 6.10 Å². The van der Waals surface area contributed by atoms with E-state index in [2.05, 4.69) is 15.5 Å². The molecule has 0 unspecified atom stereocenters. The Hall–Kier alpha value is -2.22. The minimum Gasteiger partial charge on any atom is -0.453 e. The highest BCUT2D eigenvalue weighted by Gasteiger charge is 2.23. The molecule has 0 radical (unpaired) electrons. The number of nitrogens with one attached hydrogen (secondary N) is 1. The predicted molar refractivity (Wildman–Crippen MR) is 91.9 cm³/mol. The maximum Gasteiger partial charge on any atom is 0.307 e. The highest BCUT2D eigenvalue weighted by molar-refractivity contribution is 7.08. The average Bonchev–Trinajstić information content (AvgIpc) is 3.33. The number of aryl methyl sites for hydroxylation is 1. The first-order valence-corrected chi connectivity index (χ1v) is 9.41. The summed E-state index contributed by atoms with van der Waals surface area (Å²) in [5, 5.41) is 10.7. The van der Waals surface area contributed by atoms with Crippen LogP contribution in [0.5, 0.6) is 0 Å². The molecule has 25 heavy (non-hydrogen) atoms. The van der Waals surface area contributed by atoms with Crippen LogP contribution in [0, 0.1) is 0 Å². The van der Waals surface area contributed by atoms with Gasteiger partial charge in [0.05, 0.1) is 6.42 Å². The summed E-state index contributed by atoms with van der Waals surface area (Å²) in [5.74, 6) is 0.192. The zero-order chi connectivity index (χ0) is 17.6. The third-order valence-electron chi connectivity index (χ3n) is 4.17. The summed E-state index contributed by atoms with van der Waals surface area (Å²) in [6.07, 6.45) is 3.84. The van der Waals surface area contributed by atoms with Crippen LogP contribution in [0.15, 0.2) is 21.3 Å². The van der Waals surface area contributed by atoms with Gasteiger partial charge in [-0.15, -0.1) is 0 Å². The van der Waals surface area contributed by atoms with Gasteiger partial charge in [-0.05, 0) is 31.2 Å². The Morgan fingerprint density at radius 3 is 2.96 bits per heavy atom. The number of hydrogen-bond acceptors (Lipinski definition) is 7. The van der Waals surface area contributed by atoms with E-state index in [9.17, 15) is 9.59 Å². The molecule has 1 aliphatic rings. The van der Waals surface area contributed by atoms with Crippen molar-refractivity contribution in [2.75, 3.05) is 0 Å². The van der Waals surface area contributed by atoms with Crippen molar-refractivity contribution in [3.05, 3.63) is 22.7 Å². The van der Waals surface area contributed by atoms with E-state index in [1.165, 1.54) is 0 Å². The van der Waals surface area contributed by atoms with E-state index in [0.717, 1.165) is 31.2 Å². The fourth-order valence-electron chi connectivity index (χ4n) is 2.77. The lowest BCUT2D eigenvalue weighted by atomic mass is 10.2.